The highest BCUT2D eigenvalue weighted by Gasteiger charge is 2.13. The number of carbonyl (C=O) groups is 2. The molecule has 25 heavy (non-hydrogen) atoms. The average Bonchev–Trinajstić information content (AvgIpc) is 3.14. The molecule has 3 rings (SSSR count). The Kier molecular flexibility index (Phi) is 4.95. The molecule has 126 valence electrons. The van der Waals surface area contributed by atoms with Crippen molar-refractivity contribution in [3.8, 4) is 5.75 Å². The van der Waals surface area contributed by atoms with Crippen molar-refractivity contribution in [2.24, 2.45) is 0 Å². The zero-order valence-corrected chi connectivity index (χ0v) is 14.7. The van der Waals surface area contributed by atoms with Gasteiger partial charge in [0.05, 0.1) is 10.4 Å². The molecule has 1 aromatic heterocycles. The number of ether oxygens (including phenoxy) is 1. The first-order chi connectivity index (χ1) is 12.0. The Hall–Kier alpha value is -2.92. The number of carbonyl (C=O) groups excluding carboxylic acids is 2. The van der Waals surface area contributed by atoms with Gasteiger partial charge in [-0.1, -0.05) is 18.2 Å². The van der Waals surface area contributed by atoms with Crippen LogP contribution in [0.3, 0.4) is 0 Å². The van der Waals surface area contributed by atoms with Crippen molar-refractivity contribution >= 4 is 28.9 Å². The number of anilines is 1. The SMILES string of the molecule is Cc1cccc(C(=O)Oc2ccc(NC(=O)c3cccs3)cc2)c1C. The van der Waals surface area contributed by atoms with Crippen LogP contribution in [-0.2, 0) is 0 Å². The number of hydrogen-bond donors (Lipinski definition) is 1. The first-order valence-electron chi connectivity index (χ1n) is 7.78. The largest absolute Gasteiger partial charge is 0.423 e. The van der Waals surface area contributed by atoms with E-state index in [0.717, 1.165) is 11.1 Å². The molecular weight excluding hydrogens is 334 g/mol. The van der Waals surface area contributed by atoms with Crippen molar-refractivity contribution in [3.05, 3.63) is 81.5 Å². The summed E-state index contributed by atoms with van der Waals surface area (Å²) in [7, 11) is 0. The van der Waals surface area contributed by atoms with Gasteiger partial charge in [0, 0.05) is 5.69 Å². The minimum Gasteiger partial charge on any atom is -0.423 e. The molecule has 2 aromatic carbocycles. The minimum atomic E-state index is -0.392. The molecule has 0 aliphatic carbocycles. The van der Waals surface area contributed by atoms with Crippen molar-refractivity contribution in [2.45, 2.75) is 13.8 Å². The molecule has 0 aliphatic heterocycles. The molecule has 0 unspecified atom stereocenters. The van der Waals surface area contributed by atoms with E-state index in [1.807, 2.05) is 37.4 Å². The van der Waals surface area contributed by atoms with E-state index in [-0.39, 0.29) is 5.91 Å². The molecule has 0 saturated heterocycles. The van der Waals surface area contributed by atoms with E-state index in [1.54, 1.807) is 36.4 Å². The van der Waals surface area contributed by atoms with Crippen LogP contribution in [-0.4, -0.2) is 11.9 Å². The Balaban J connectivity index is 1.67. The second-order valence-corrected chi connectivity index (χ2v) is 6.54. The number of rotatable bonds is 4. The summed E-state index contributed by atoms with van der Waals surface area (Å²) in [5.41, 5.74) is 3.15. The summed E-state index contributed by atoms with van der Waals surface area (Å²) < 4.78 is 5.42. The van der Waals surface area contributed by atoms with Gasteiger partial charge in [0.2, 0.25) is 0 Å². The number of esters is 1. The Bertz CT molecular complexity index is 899. The fourth-order valence-corrected chi connectivity index (χ4v) is 2.96. The van der Waals surface area contributed by atoms with Crippen molar-refractivity contribution in [1.29, 1.82) is 0 Å². The smallest absolute Gasteiger partial charge is 0.343 e. The highest BCUT2D eigenvalue weighted by molar-refractivity contribution is 7.12. The summed E-state index contributed by atoms with van der Waals surface area (Å²) in [5.74, 6) is -0.119. The first-order valence-corrected chi connectivity index (χ1v) is 8.66. The van der Waals surface area contributed by atoms with Crippen LogP contribution in [0.5, 0.6) is 5.75 Å². The number of nitrogens with one attached hydrogen (secondary N) is 1. The summed E-state index contributed by atoms with van der Waals surface area (Å²) in [4.78, 5) is 25.0. The van der Waals surface area contributed by atoms with Crippen LogP contribution in [0, 0.1) is 13.8 Å². The Morgan fingerprint density at radius 2 is 1.72 bits per heavy atom. The van der Waals surface area contributed by atoms with Crippen LogP contribution in [0.1, 0.15) is 31.2 Å². The highest BCUT2D eigenvalue weighted by atomic mass is 32.1. The van der Waals surface area contributed by atoms with E-state index in [9.17, 15) is 9.59 Å². The molecule has 0 spiro atoms. The van der Waals surface area contributed by atoms with Crippen molar-refractivity contribution in [3.63, 3.8) is 0 Å². The second kappa shape index (κ2) is 7.32. The summed E-state index contributed by atoms with van der Waals surface area (Å²) in [6, 6.07) is 15.9. The fraction of sp³-hybridized carbons (Fsp3) is 0.100. The van der Waals surface area contributed by atoms with Gasteiger partial charge >= 0.3 is 5.97 Å². The zero-order valence-electron chi connectivity index (χ0n) is 13.9. The normalized spacial score (nSPS) is 10.3. The number of aryl methyl sites for hydroxylation is 1. The molecule has 5 heteroatoms. The molecule has 1 heterocycles. The van der Waals surface area contributed by atoms with Gasteiger partial charge in [-0.3, -0.25) is 4.79 Å². The number of amides is 1. The van der Waals surface area contributed by atoms with E-state index in [4.69, 9.17) is 4.74 Å². The maximum atomic E-state index is 12.3. The Morgan fingerprint density at radius 1 is 0.960 bits per heavy atom. The third-order valence-electron chi connectivity index (χ3n) is 3.89. The molecule has 0 saturated carbocycles. The minimum absolute atomic E-state index is 0.157. The molecule has 0 aliphatic rings. The Labute approximate surface area is 150 Å². The van der Waals surface area contributed by atoms with Crippen LogP contribution in [0.15, 0.2) is 60.0 Å². The van der Waals surface area contributed by atoms with Gasteiger partial charge in [-0.2, -0.15) is 0 Å². The van der Waals surface area contributed by atoms with E-state index in [1.165, 1.54) is 11.3 Å². The van der Waals surface area contributed by atoms with Crippen molar-refractivity contribution in [2.75, 3.05) is 5.32 Å². The lowest BCUT2D eigenvalue weighted by molar-refractivity contribution is 0.0733. The molecule has 0 atom stereocenters. The lowest BCUT2D eigenvalue weighted by atomic mass is 10.0. The van der Waals surface area contributed by atoms with E-state index in [0.29, 0.717) is 21.9 Å². The summed E-state index contributed by atoms with van der Waals surface area (Å²) in [6.45, 7) is 3.85. The number of hydrogen-bond acceptors (Lipinski definition) is 4. The first kappa shape index (κ1) is 16.9. The Morgan fingerprint density at radius 3 is 2.40 bits per heavy atom. The van der Waals surface area contributed by atoms with Crippen LogP contribution < -0.4 is 10.1 Å². The maximum absolute atomic E-state index is 12.3. The zero-order chi connectivity index (χ0) is 17.8. The highest BCUT2D eigenvalue weighted by Crippen LogP contribution is 2.20. The standard InChI is InChI=1S/C20H17NO3S/c1-13-5-3-6-17(14(13)2)20(23)24-16-10-8-15(9-11-16)21-19(22)18-7-4-12-25-18/h3-12H,1-2H3,(H,21,22). The predicted molar refractivity (Wildman–Crippen MR) is 99.6 cm³/mol. The van der Waals surface area contributed by atoms with Crippen molar-refractivity contribution < 1.29 is 14.3 Å². The monoisotopic (exact) mass is 351 g/mol. The third-order valence-corrected chi connectivity index (χ3v) is 4.76. The molecule has 0 bridgehead atoms. The van der Waals surface area contributed by atoms with E-state index in [2.05, 4.69) is 5.32 Å². The van der Waals surface area contributed by atoms with E-state index < -0.39 is 5.97 Å². The second-order valence-electron chi connectivity index (χ2n) is 5.59. The number of thiophene rings is 1. The molecular formula is C20H17NO3S. The molecule has 3 aromatic rings. The molecule has 0 radical (unpaired) electrons. The lowest BCUT2D eigenvalue weighted by Gasteiger charge is -2.09. The third kappa shape index (κ3) is 3.95. The maximum Gasteiger partial charge on any atom is 0.343 e. The van der Waals surface area contributed by atoms with Crippen LogP contribution >= 0.6 is 11.3 Å². The van der Waals surface area contributed by atoms with Gasteiger partial charge in [-0.05, 0) is 66.8 Å². The predicted octanol–water partition coefficient (Wildman–Crippen LogP) is 4.84. The molecule has 4 nitrogen and oxygen atoms in total. The van der Waals surface area contributed by atoms with Gasteiger partial charge in [0.1, 0.15) is 5.75 Å². The molecule has 1 amide bonds. The quantitative estimate of drug-likeness (QED) is 0.541. The van der Waals surface area contributed by atoms with Gasteiger partial charge in [0.15, 0.2) is 0 Å². The topological polar surface area (TPSA) is 55.4 Å². The van der Waals surface area contributed by atoms with Gasteiger partial charge in [-0.25, -0.2) is 4.79 Å². The summed E-state index contributed by atoms with van der Waals surface area (Å²) in [6.07, 6.45) is 0. The molecule has 0 fully saturated rings. The van der Waals surface area contributed by atoms with Crippen LogP contribution in [0.25, 0.3) is 0 Å². The lowest BCUT2D eigenvalue weighted by Crippen LogP contribution is -2.11. The van der Waals surface area contributed by atoms with Crippen LogP contribution in [0.4, 0.5) is 5.69 Å². The van der Waals surface area contributed by atoms with Crippen molar-refractivity contribution in [1.82, 2.24) is 0 Å². The molecule has 1 N–H and O–H groups in total. The summed E-state index contributed by atoms with van der Waals surface area (Å²) in [5, 5.41) is 4.66. The van der Waals surface area contributed by atoms with Gasteiger partial charge < -0.3 is 10.1 Å². The fourth-order valence-electron chi connectivity index (χ4n) is 2.34. The van der Waals surface area contributed by atoms with Crippen LogP contribution in [0.2, 0.25) is 0 Å². The average molecular weight is 351 g/mol. The van der Waals surface area contributed by atoms with E-state index >= 15 is 0 Å². The summed E-state index contributed by atoms with van der Waals surface area (Å²) >= 11 is 1.38. The van der Waals surface area contributed by atoms with Gasteiger partial charge in [0.25, 0.3) is 5.91 Å². The van der Waals surface area contributed by atoms with Gasteiger partial charge in [-0.15, -0.1) is 11.3 Å². The number of benzene rings is 2.